The fourth-order valence-corrected chi connectivity index (χ4v) is 6.01. The number of hydrogen-bond donors (Lipinski definition) is 5. The van der Waals surface area contributed by atoms with E-state index in [1.807, 2.05) is 0 Å². The monoisotopic (exact) mass is 549 g/mol. The second-order valence-electron chi connectivity index (χ2n) is 8.15. The second kappa shape index (κ2) is 10.2. The Bertz CT molecular complexity index is 1300. The Morgan fingerprint density at radius 3 is 2.81 bits per heavy atom. The topological polar surface area (TPSA) is 229 Å². The van der Waals surface area contributed by atoms with E-state index in [1.54, 1.807) is 13.0 Å². The lowest BCUT2D eigenvalue weighted by Crippen LogP contribution is -2.75. The van der Waals surface area contributed by atoms with Crippen molar-refractivity contribution >= 4 is 63.6 Å². The maximum Gasteiger partial charge on any atom is 0.323 e. The lowest BCUT2D eigenvalue weighted by atomic mass is 9.85. The Kier molecular flexibility index (Phi) is 7.17. The highest BCUT2D eigenvalue weighted by Crippen LogP contribution is 2.43. The van der Waals surface area contributed by atoms with E-state index in [0.29, 0.717) is 0 Å². The van der Waals surface area contributed by atoms with Gasteiger partial charge in [0.15, 0.2) is 10.5 Å². The molecule has 0 aliphatic carbocycles. The van der Waals surface area contributed by atoms with Gasteiger partial charge in [0.1, 0.15) is 18.0 Å². The number of nitrogens with zero attached hydrogens (tertiary/aromatic N) is 6. The Labute approximate surface area is 218 Å². The van der Waals surface area contributed by atoms with Gasteiger partial charge in [0.25, 0.3) is 11.7 Å². The Morgan fingerprint density at radius 1 is 1.43 bits per heavy atom. The van der Waals surface area contributed by atoms with Crippen LogP contribution in [0.5, 0.6) is 0 Å². The van der Waals surface area contributed by atoms with Crippen LogP contribution in [0.2, 0.25) is 0 Å². The van der Waals surface area contributed by atoms with Crippen LogP contribution in [0.1, 0.15) is 18.6 Å². The van der Waals surface area contributed by atoms with Crippen LogP contribution in [-0.4, -0.2) is 78.2 Å². The molecule has 0 spiro atoms. The van der Waals surface area contributed by atoms with Crippen molar-refractivity contribution in [1.82, 2.24) is 24.6 Å². The molecule has 2 fully saturated rings. The Morgan fingerprint density at radius 2 is 2.19 bits per heavy atom. The van der Waals surface area contributed by atoms with Crippen molar-refractivity contribution in [2.75, 3.05) is 36.1 Å². The molecule has 0 aromatic carbocycles. The van der Waals surface area contributed by atoms with Crippen molar-refractivity contribution in [1.29, 1.82) is 0 Å². The molecule has 0 saturated carbocycles. The number of carboxylic acid groups (broad SMARTS) is 1. The van der Waals surface area contributed by atoms with E-state index in [9.17, 15) is 19.5 Å². The van der Waals surface area contributed by atoms with Gasteiger partial charge in [-0.1, -0.05) is 22.8 Å². The van der Waals surface area contributed by atoms with Crippen LogP contribution in [0.15, 0.2) is 23.9 Å². The highest BCUT2D eigenvalue weighted by molar-refractivity contribution is 8.00. The number of allylic oxidation sites excluding steroid dienone is 1. The maximum atomic E-state index is 13.1. The van der Waals surface area contributed by atoms with Gasteiger partial charge in [-0.2, -0.15) is 9.36 Å². The van der Waals surface area contributed by atoms with Crippen LogP contribution in [-0.2, 0) is 31.2 Å². The predicted octanol–water partition coefficient (Wildman–Crippen LogP) is -1.68. The Hall–Kier alpha value is -3.99. The number of fused-ring (bicyclic) bond motifs is 1. The average Bonchev–Trinajstić information content (AvgIpc) is 3.29. The molecule has 0 bridgehead atoms. The highest BCUT2D eigenvalue weighted by Gasteiger charge is 2.61. The molecule has 2 saturated heterocycles. The van der Waals surface area contributed by atoms with E-state index in [2.05, 4.69) is 31.4 Å². The predicted molar refractivity (Wildman–Crippen MR) is 135 cm³/mol. The first-order valence-corrected chi connectivity index (χ1v) is 12.8. The number of rotatable bonds is 9. The molecule has 2 unspecified atom stereocenters. The lowest BCUT2D eigenvalue weighted by molar-refractivity contribution is -0.686. The van der Waals surface area contributed by atoms with Gasteiger partial charge >= 0.3 is 5.97 Å². The number of nitrogens with two attached hydrogens (primary N) is 3. The number of carboxylic acids is 1. The molecule has 3 atom stereocenters. The molecule has 196 valence electrons. The third-order valence-electron chi connectivity index (χ3n) is 5.77. The van der Waals surface area contributed by atoms with Gasteiger partial charge in [-0.3, -0.25) is 14.4 Å². The molecule has 2 aliphatic heterocycles. The van der Waals surface area contributed by atoms with Crippen LogP contribution in [0, 0.1) is 0 Å². The number of aromatic nitrogens is 4. The van der Waals surface area contributed by atoms with Crippen LogP contribution < -0.4 is 27.1 Å². The highest BCUT2D eigenvalue weighted by atomic mass is 32.2. The zero-order chi connectivity index (χ0) is 26.9. The van der Waals surface area contributed by atoms with Gasteiger partial charge in [0.05, 0.1) is 12.6 Å². The van der Waals surface area contributed by atoms with Crippen molar-refractivity contribution in [3.05, 3.63) is 30.4 Å². The van der Waals surface area contributed by atoms with Crippen LogP contribution in [0.25, 0.3) is 0 Å². The molecule has 0 radical (unpaired) electrons. The summed E-state index contributed by atoms with van der Waals surface area (Å²) >= 11 is 2.07. The molecule has 2 aromatic rings. The van der Waals surface area contributed by atoms with Gasteiger partial charge in [-0.05, 0) is 6.92 Å². The average molecular weight is 550 g/mol. The van der Waals surface area contributed by atoms with Crippen molar-refractivity contribution in [3.8, 4) is 0 Å². The molecule has 4 rings (SSSR count). The molecular formula is C20H25N10O5S2+. The summed E-state index contributed by atoms with van der Waals surface area (Å²) in [4.78, 5) is 53.3. The number of hydrogen-bond acceptors (Lipinski definition) is 13. The van der Waals surface area contributed by atoms with Crippen LogP contribution >= 0.6 is 23.3 Å². The maximum absolute atomic E-state index is 13.1. The minimum Gasteiger partial charge on any atom is -0.480 e. The third kappa shape index (κ3) is 4.62. The first-order valence-electron chi connectivity index (χ1n) is 11.0. The van der Waals surface area contributed by atoms with Crippen molar-refractivity contribution in [3.63, 3.8) is 0 Å². The zero-order valence-electron chi connectivity index (χ0n) is 19.7. The lowest BCUT2D eigenvalue weighted by Gasteiger charge is -2.52. The number of aliphatic carboxylic acids is 1. The largest absolute Gasteiger partial charge is 0.480 e. The minimum absolute atomic E-state index is 0.0321. The molecule has 4 heterocycles. The molecule has 37 heavy (non-hydrogen) atoms. The number of carbonyl (C=O) groups is 3. The van der Waals surface area contributed by atoms with Gasteiger partial charge in [0, 0.05) is 23.8 Å². The van der Waals surface area contributed by atoms with E-state index in [4.69, 9.17) is 22.0 Å². The number of oxime groups is 1. The summed E-state index contributed by atoms with van der Waals surface area (Å²) in [6, 6.07) is 0.500. The quantitative estimate of drug-likeness (QED) is 0.0776. The van der Waals surface area contributed by atoms with Crippen molar-refractivity contribution in [2.24, 2.45) is 5.16 Å². The number of nitrogen functional groups attached to an aromatic ring is 3. The van der Waals surface area contributed by atoms with Gasteiger partial charge < -0.3 is 37.4 Å². The van der Waals surface area contributed by atoms with Gasteiger partial charge in [0.2, 0.25) is 29.1 Å². The summed E-state index contributed by atoms with van der Waals surface area (Å²) in [5, 5.41) is 16.3. The zero-order valence-corrected chi connectivity index (χ0v) is 21.3. The molecular weight excluding hydrogens is 524 g/mol. The van der Waals surface area contributed by atoms with Crippen molar-refractivity contribution in [2.45, 2.75) is 30.3 Å². The minimum atomic E-state index is -1.60. The number of amides is 2. The number of thioether (sulfide) groups is 1. The van der Waals surface area contributed by atoms with E-state index in [0.717, 1.165) is 11.5 Å². The number of carbonyl (C=O) groups excluding carboxylic acids is 2. The summed E-state index contributed by atoms with van der Waals surface area (Å²) in [7, 11) is 0. The van der Waals surface area contributed by atoms with Crippen LogP contribution in [0.4, 0.5) is 16.8 Å². The van der Waals surface area contributed by atoms with Crippen molar-refractivity contribution < 1.29 is 28.9 Å². The summed E-state index contributed by atoms with van der Waals surface area (Å²) in [5.74, 6) is -1.99. The molecule has 2 aromatic heterocycles. The molecule has 2 aliphatic rings. The Balaban J connectivity index is 1.58. The normalized spacial score (nSPS) is 23.1. The van der Waals surface area contributed by atoms with E-state index in [1.165, 1.54) is 27.3 Å². The summed E-state index contributed by atoms with van der Waals surface area (Å²) < 4.78 is 5.49. The number of nitrogens with one attached hydrogen (secondary N) is 1. The first-order chi connectivity index (χ1) is 17.6. The molecule has 2 amide bonds. The van der Waals surface area contributed by atoms with E-state index >= 15 is 0 Å². The van der Waals surface area contributed by atoms with E-state index in [-0.39, 0.29) is 59.6 Å². The van der Waals surface area contributed by atoms with Crippen LogP contribution in [0.3, 0.4) is 0 Å². The third-order valence-corrected chi connectivity index (χ3v) is 7.84. The summed E-state index contributed by atoms with van der Waals surface area (Å²) in [6.45, 7) is 5.57. The number of anilines is 3. The number of β-lactam (4-membered cyclic amide) rings is 1. The molecule has 17 heteroatoms. The van der Waals surface area contributed by atoms with Gasteiger partial charge in [-0.15, -0.1) is 11.8 Å². The SMILES string of the molecule is C=CC[n+]1c(N)cc(N)nc1C1(C(=O)O)CS[C@@H]2C(NC(=O)C(=NOCC)c3nsc(N)n3)C(=O)N2C1. The summed E-state index contributed by atoms with van der Waals surface area (Å²) in [5.41, 5.74) is 15.8. The first kappa shape index (κ1) is 26.1. The van der Waals surface area contributed by atoms with Gasteiger partial charge in [-0.25, -0.2) is 4.57 Å². The fourth-order valence-electron chi connectivity index (χ4n) is 4.04. The smallest absolute Gasteiger partial charge is 0.323 e. The molecule has 15 nitrogen and oxygen atoms in total. The standard InChI is InChI=1S/C20H24N10O5S2/c1-3-5-29-10(22)6-9(21)24-17(29)20(18(33)34)7-30-15(32)12(16(30)36-8-20)25-14(31)11(27-35-4-2)13-26-19(23)37-28-13/h3,6,12,16H,1,4-5,7-8H2,2H3,(H7,21,22,23,25,26,28,31,33,34)/p+1/t12?,16-,20?/m1/s1. The second-order valence-corrected chi connectivity index (χ2v) is 10.0. The van der Waals surface area contributed by atoms with E-state index < -0.39 is 34.6 Å². The fraction of sp³-hybridized carbons (Fsp3) is 0.400. The molecule has 8 N–H and O–H groups in total. The summed E-state index contributed by atoms with van der Waals surface area (Å²) in [6.07, 6.45) is 1.55.